The maximum absolute atomic E-state index is 6.17. The Morgan fingerprint density at radius 2 is 0.923 bits per heavy atom. The number of benzene rings is 3. The molecule has 4 aromatic rings. The highest BCUT2D eigenvalue weighted by Crippen LogP contribution is 2.34. The van der Waals surface area contributed by atoms with Crippen LogP contribution in [-0.2, 0) is 0 Å². The normalized spacial score (nSPS) is 11.1. The van der Waals surface area contributed by atoms with Gasteiger partial charge in [-0.1, -0.05) is 79.3 Å². The fourth-order valence-electron chi connectivity index (χ4n) is 2.67. The molecular weight excluding hydrogens is 499 g/mol. The lowest BCUT2D eigenvalue weighted by atomic mass is 10.0. The number of rotatable bonds is 2. The average Bonchev–Trinajstić information content (AvgIpc) is 2.63. The molecule has 2 nitrogen and oxygen atoms in total. The SMILES string of the molecule is Clc1cc2nc(-c3ccc(Br)cc3)c(-c3ccc(Br)cc3)nc2cc1Cl. The summed E-state index contributed by atoms with van der Waals surface area (Å²) in [5.41, 5.74) is 4.96. The molecular formula is C20H10Br2Cl2N2. The molecule has 0 fully saturated rings. The molecule has 6 heteroatoms. The summed E-state index contributed by atoms with van der Waals surface area (Å²) in [6, 6.07) is 19.5. The van der Waals surface area contributed by atoms with Gasteiger partial charge >= 0.3 is 0 Å². The summed E-state index contributed by atoms with van der Waals surface area (Å²) < 4.78 is 2.02. The fraction of sp³-hybridized carbons (Fsp3) is 0. The zero-order valence-electron chi connectivity index (χ0n) is 13.2. The molecule has 0 aliphatic rings. The van der Waals surface area contributed by atoms with Gasteiger partial charge in [-0.25, -0.2) is 9.97 Å². The van der Waals surface area contributed by atoms with Crippen LogP contribution in [0.3, 0.4) is 0 Å². The summed E-state index contributed by atoms with van der Waals surface area (Å²) in [6.45, 7) is 0. The van der Waals surface area contributed by atoms with E-state index in [-0.39, 0.29) is 0 Å². The first kappa shape index (κ1) is 17.9. The summed E-state index contributed by atoms with van der Waals surface area (Å²) >= 11 is 19.3. The Morgan fingerprint density at radius 1 is 0.577 bits per heavy atom. The number of fused-ring (bicyclic) bond motifs is 1. The third kappa shape index (κ3) is 3.52. The number of halogens is 4. The van der Waals surface area contributed by atoms with Crippen LogP contribution in [-0.4, -0.2) is 9.97 Å². The first-order valence-corrected chi connectivity index (χ1v) is 10.0. The largest absolute Gasteiger partial charge is 0.244 e. The van der Waals surface area contributed by atoms with Crippen LogP contribution < -0.4 is 0 Å². The van der Waals surface area contributed by atoms with Gasteiger partial charge in [0.1, 0.15) is 0 Å². The molecule has 1 aromatic heterocycles. The van der Waals surface area contributed by atoms with E-state index in [0.717, 1.165) is 31.5 Å². The zero-order chi connectivity index (χ0) is 18.3. The molecule has 0 bridgehead atoms. The van der Waals surface area contributed by atoms with Gasteiger partial charge in [0.25, 0.3) is 0 Å². The standard InChI is InChI=1S/C20H10Br2Cl2N2/c21-13-5-1-11(2-6-13)19-20(12-3-7-14(22)8-4-12)26-18-10-16(24)15(23)9-17(18)25-19/h1-10H. The van der Waals surface area contributed by atoms with Crippen LogP contribution >= 0.6 is 55.1 Å². The molecule has 3 aromatic carbocycles. The van der Waals surface area contributed by atoms with Crippen LogP contribution in [0.25, 0.3) is 33.5 Å². The van der Waals surface area contributed by atoms with Crippen LogP contribution in [0.4, 0.5) is 0 Å². The van der Waals surface area contributed by atoms with Gasteiger partial charge in [0, 0.05) is 20.1 Å². The molecule has 1 heterocycles. The van der Waals surface area contributed by atoms with E-state index in [1.54, 1.807) is 12.1 Å². The van der Waals surface area contributed by atoms with Gasteiger partial charge in [0.15, 0.2) is 0 Å². The van der Waals surface area contributed by atoms with Gasteiger partial charge < -0.3 is 0 Å². The van der Waals surface area contributed by atoms with Gasteiger partial charge in [0.05, 0.1) is 32.5 Å². The molecule has 0 saturated carbocycles. The van der Waals surface area contributed by atoms with Crippen molar-refractivity contribution in [2.45, 2.75) is 0 Å². The van der Waals surface area contributed by atoms with Crippen LogP contribution in [0, 0.1) is 0 Å². The van der Waals surface area contributed by atoms with E-state index in [9.17, 15) is 0 Å². The van der Waals surface area contributed by atoms with Crippen LogP contribution in [0.5, 0.6) is 0 Å². The summed E-state index contributed by atoms with van der Waals surface area (Å²) in [5.74, 6) is 0. The molecule has 0 radical (unpaired) electrons. The molecule has 0 unspecified atom stereocenters. The van der Waals surface area contributed by atoms with Gasteiger partial charge in [-0.2, -0.15) is 0 Å². The van der Waals surface area contributed by atoms with Crippen molar-refractivity contribution in [3.63, 3.8) is 0 Å². The first-order chi connectivity index (χ1) is 12.5. The molecule has 0 saturated heterocycles. The molecule has 0 N–H and O–H groups in total. The van der Waals surface area contributed by atoms with Crippen molar-refractivity contribution in [2.24, 2.45) is 0 Å². The summed E-state index contributed by atoms with van der Waals surface area (Å²) in [6.07, 6.45) is 0. The Bertz CT molecular complexity index is 1020. The predicted octanol–water partition coefficient (Wildman–Crippen LogP) is 7.80. The third-order valence-corrected chi connectivity index (χ3v) is 5.72. The van der Waals surface area contributed by atoms with Crippen molar-refractivity contribution < 1.29 is 0 Å². The minimum absolute atomic E-state index is 0.464. The summed E-state index contributed by atoms with van der Waals surface area (Å²) in [4.78, 5) is 9.69. The second-order valence-electron chi connectivity index (χ2n) is 5.69. The smallest absolute Gasteiger partial charge is 0.0973 e. The van der Waals surface area contributed by atoms with Crippen molar-refractivity contribution in [1.82, 2.24) is 9.97 Å². The first-order valence-electron chi connectivity index (χ1n) is 7.70. The maximum Gasteiger partial charge on any atom is 0.0973 e. The average molecular weight is 509 g/mol. The molecule has 0 atom stereocenters. The van der Waals surface area contributed by atoms with Gasteiger partial charge in [-0.15, -0.1) is 0 Å². The Hall–Kier alpha value is -1.46. The van der Waals surface area contributed by atoms with Crippen LogP contribution in [0.1, 0.15) is 0 Å². The highest BCUT2D eigenvalue weighted by molar-refractivity contribution is 9.10. The molecule has 4 rings (SSSR count). The number of hydrogen-bond donors (Lipinski definition) is 0. The predicted molar refractivity (Wildman–Crippen MR) is 116 cm³/mol. The number of nitrogens with zero attached hydrogens (tertiary/aromatic N) is 2. The van der Waals surface area contributed by atoms with E-state index in [1.165, 1.54) is 0 Å². The Kier molecular flexibility index (Phi) is 5.02. The highest BCUT2D eigenvalue weighted by Gasteiger charge is 2.14. The van der Waals surface area contributed by atoms with Gasteiger partial charge in [-0.05, 0) is 36.4 Å². The topological polar surface area (TPSA) is 25.8 Å². The lowest BCUT2D eigenvalue weighted by Gasteiger charge is -2.11. The van der Waals surface area contributed by atoms with E-state index < -0.39 is 0 Å². The minimum atomic E-state index is 0.464. The Morgan fingerprint density at radius 3 is 1.27 bits per heavy atom. The van der Waals surface area contributed by atoms with Crippen molar-refractivity contribution in [3.05, 3.63) is 79.7 Å². The number of aromatic nitrogens is 2. The van der Waals surface area contributed by atoms with E-state index in [1.807, 2.05) is 48.5 Å². The third-order valence-electron chi connectivity index (χ3n) is 3.94. The van der Waals surface area contributed by atoms with Crippen LogP contribution in [0.15, 0.2) is 69.6 Å². The number of hydrogen-bond acceptors (Lipinski definition) is 2. The van der Waals surface area contributed by atoms with E-state index in [4.69, 9.17) is 33.2 Å². The molecule has 0 amide bonds. The van der Waals surface area contributed by atoms with E-state index >= 15 is 0 Å². The molecule has 128 valence electrons. The van der Waals surface area contributed by atoms with Crippen molar-refractivity contribution >= 4 is 66.1 Å². The Labute approximate surface area is 177 Å². The minimum Gasteiger partial charge on any atom is -0.244 e. The lowest BCUT2D eigenvalue weighted by molar-refractivity contribution is 1.29. The summed E-state index contributed by atoms with van der Waals surface area (Å²) in [5, 5.41) is 0.929. The monoisotopic (exact) mass is 506 g/mol. The quantitative estimate of drug-likeness (QED) is 0.276. The van der Waals surface area contributed by atoms with Crippen molar-refractivity contribution in [1.29, 1.82) is 0 Å². The van der Waals surface area contributed by atoms with E-state index in [2.05, 4.69) is 31.9 Å². The second kappa shape index (κ2) is 7.28. The van der Waals surface area contributed by atoms with Gasteiger partial charge in [0.2, 0.25) is 0 Å². The maximum atomic E-state index is 6.17. The zero-order valence-corrected chi connectivity index (χ0v) is 17.9. The van der Waals surface area contributed by atoms with Crippen LogP contribution in [0.2, 0.25) is 10.0 Å². The second-order valence-corrected chi connectivity index (χ2v) is 8.34. The molecule has 0 aliphatic heterocycles. The van der Waals surface area contributed by atoms with Crippen molar-refractivity contribution in [3.8, 4) is 22.5 Å². The summed E-state index contributed by atoms with van der Waals surface area (Å²) in [7, 11) is 0. The molecule has 0 aliphatic carbocycles. The Balaban J connectivity index is 2.02. The molecule has 26 heavy (non-hydrogen) atoms. The lowest BCUT2D eigenvalue weighted by Crippen LogP contribution is -1.96. The van der Waals surface area contributed by atoms with Gasteiger partial charge in [-0.3, -0.25) is 0 Å². The molecule has 0 spiro atoms. The van der Waals surface area contributed by atoms with E-state index in [0.29, 0.717) is 21.1 Å². The fourth-order valence-corrected chi connectivity index (χ4v) is 3.51. The van der Waals surface area contributed by atoms with Crippen molar-refractivity contribution in [2.75, 3.05) is 0 Å². The highest BCUT2D eigenvalue weighted by atomic mass is 79.9.